The van der Waals surface area contributed by atoms with Crippen molar-refractivity contribution in [2.75, 3.05) is 19.8 Å². The second-order valence-electron chi connectivity index (χ2n) is 6.54. The third kappa shape index (κ3) is 8.60. The van der Waals surface area contributed by atoms with Gasteiger partial charge in [-0.25, -0.2) is 4.39 Å². The Bertz CT molecular complexity index is 760. The second kappa shape index (κ2) is 11.8. The van der Waals surface area contributed by atoms with Crippen molar-refractivity contribution in [3.05, 3.63) is 41.3 Å². The quantitative estimate of drug-likeness (QED) is 0.511. The Hall–Kier alpha value is -2.30. The Morgan fingerprint density at radius 1 is 1.20 bits per heavy atom. The largest absolute Gasteiger partial charge is 0.484 e. The fourth-order valence-electron chi connectivity index (χ4n) is 2.52. The standard InChI is InChI=1S/C19H22ClF3N2O5/c1-11(25-18(27)10-29-13-6-14(7-13)30-19(22)23)4-5-24-17(26)9-28-12-2-3-15(20)16(21)8-12/h2-3,8,13-14,19H,1,4-7,9-10H2,(H,24,26)(H,25,27)/t13-,14-. The number of hydrogen-bond acceptors (Lipinski definition) is 5. The molecule has 0 unspecified atom stereocenters. The highest BCUT2D eigenvalue weighted by molar-refractivity contribution is 6.30. The van der Waals surface area contributed by atoms with E-state index in [4.69, 9.17) is 21.1 Å². The first-order valence-corrected chi connectivity index (χ1v) is 9.48. The number of nitrogens with one attached hydrogen (secondary N) is 2. The molecule has 0 heterocycles. The molecule has 30 heavy (non-hydrogen) atoms. The molecule has 1 aliphatic rings. The highest BCUT2D eigenvalue weighted by Crippen LogP contribution is 2.27. The normalized spacial score (nSPS) is 17.9. The van der Waals surface area contributed by atoms with Gasteiger partial charge in [0.15, 0.2) is 6.61 Å². The molecule has 1 aliphatic carbocycles. The highest BCUT2D eigenvalue weighted by atomic mass is 35.5. The molecule has 1 saturated carbocycles. The Morgan fingerprint density at radius 2 is 1.93 bits per heavy atom. The molecule has 0 bridgehead atoms. The van der Waals surface area contributed by atoms with Gasteiger partial charge in [0.2, 0.25) is 5.91 Å². The van der Waals surface area contributed by atoms with Gasteiger partial charge in [-0.05, 0) is 12.1 Å². The first kappa shape index (κ1) is 24.0. The van der Waals surface area contributed by atoms with E-state index < -0.39 is 30.3 Å². The van der Waals surface area contributed by atoms with Gasteiger partial charge < -0.3 is 24.8 Å². The predicted molar refractivity (Wildman–Crippen MR) is 102 cm³/mol. The average Bonchev–Trinajstić information content (AvgIpc) is 2.64. The molecular weight excluding hydrogens is 429 g/mol. The van der Waals surface area contributed by atoms with Crippen molar-refractivity contribution in [1.29, 1.82) is 0 Å². The van der Waals surface area contributed by atoms with E-state index in [1.807, 2.05) is 0 Å². The van der Waals surface area contributed by atoms with Gasteiger partial charge in [0, 0.05) is 37.6 Å². The first-order chi connectivity index (χ1) is 14.2. The van der Waals surface area contributed by atoms with E-state index in [2.05, 4.69) is 21.9 Å². The van der Waals surface area contributed by atoms with Crippen LogP contribution >= 0.6 is 11.6 Å². The summed E-state index contributed by atoms with van der Waals surface area (Å²) in [6, 6.07) is 3.83. The van der Waals surface area contributed by atoms with Crippen LogP contribution < -0.4 is 15.4 Å². The number of carbonyl (C=O) groups excluding carboxylic acids is 2. The summed E-state index contributed by atoms with van der Waals surface area (Å²) in [6.45, 7) is 0.525. The van der Waals surface area contributed by atoms with Crippen molar-refractivity contribution in [3.63, 3.8) is 0 Å². The van der Waals surface area contributed by atoms with E-state index in [1.54, 1.807) is 0 Å². The van der Waals surface area contributed by atoms with Crippen LogP contribution in [0.25, 0.3) is 0 Å². The smallest absolute Gasteiger partial charge is 0.345 e. The second-order valence-corrected chi connectivity index (χ2v) is 6.95. The van der Waals surface area contributed by atoms with Gasteiger partial charge in [-0.3, -0.25) is 9.59 Å². The van der Waals surface area contributed by atoms with Crippen LogP contribution in [0.1, 0.15) is 19.3 Å². The van der Waals surface area contributed by atoms with Crippen LogP contribution in [0.3, 0.4) is 0 Å². The minimum Gasteiger partial charge on any atom is -0.484 e. The van der Waals surface area contributed by atoms with Gasteiger partial charge in [-0.15, -0.1) is 0 Å². The first-order valence-electron chi connectivity index (χ1n) is 9.10. The molecule has 1 aromatic carbocycles. The number of alkyl halides is 2. The third-order valence-corrected chi connectivity index (χ3v) is 4.43. The fraction of sp³-hybridized carbons (Fsp3) is 0.474. The van der Waals surface area contributed by atoms with Crippen LogP contribution in [-0.2, 0) is 19.1 Å². The van der Waals surface area contributed by atoms with Crippen molar-refractivity contribution in [2.45, 2.75) is 38.1 Å². The van der Waals surface area contributed by atoms with Crippen molar-refractivity contribution in [3.8, 4) is 5.75 Å². The number of ether oxygens (including phenoxy) is 3. The zero-order valence-corrected chi connectivity index (χ0v) is 16.7. The molecule has 0 aromatic heterocycles. The van der Waals surface area contributed by atoms with Gasteiger partial charge in [0.1, 0.15) is 18.2 Å². The van der Waals surface area contributed by atoms with Gasteiger partial charge in [0.25, 0.3) is 5.91 Å². The van der Waals surface area contributed by atoms with Crippen molar-refractivity contribution >= 4 is 23.4 Å². The van der Waals surface area contributed by atoms with Crippen molar-refractivity contribution in [2.24, 2.45) is 0 Å². The summed E-state index contributed by atoms with van der Waals surface area (Å²) in [5, 5.41) is 5.05. The minimum absolute atomic E-state index is 0.0459. The maximum atomic E-state index is 13.3. The molecular formula is C19H22ClF3N2O5. The summed E-state index contributed by atoms with van der Waals surface area (Å²) in [5.74, 6) is -1.34. The number of carbonyl (C=O) groups is 2. The molecule has 0 saturated heterocycles. The maximum Gasteiger partial charge on any atom is 0.345 e. The van der Waals surface area contributed by atoms with E-state index in [-0.39, 0.29) is 43.1 Å². The predicted octanol–water partition coefficient (Wildman–Crippen LogP) is 2.78. The van der Waals surface area contributed by atoms with Gasteiger partial charge in [-0.2, -0.15) is 8.78 Å². The van der Waals surface area contributed by atoms with Crippen molar-refractivity contribution in [1.82, 2.24) is 10.6 Å². The summed E-state index contributed by atoms with van der Waals surface area (Å²) in [6.07, 6.45) is 0.0753. The van der Waals surface area contributed by atoms with Crippen LogP contribution in [0.4, 0.5) is 13.2 Å². The van der Waals surface area contributed by atoms with Crippen LogP contribution in [0.5, 0.6) is 5.75 Å². The van der Waals surface area contributed by atoms with Gasteiger partial charge in [-0.1, -0.05) is 18.2 Å². The molecule has 2 amide bonds. The number of amides is 2. The number of hydrogen-bond donors (Lipinski definition) is 2. The van der Waals surface area contributed by atoms with E-state index in [0.717, 1.165) is 6.07 Å². The molecule has 0 radical (unpaired) electrons. The molecule has 2 N–H and O–H groups in total. The number of halogens is 4. The van der Waals surface area contributed by atoms with E-state index in [1.165, 1.54) is 12.1 Å². The van der Waals surface area contributed by atoms with Gasteiger partial charge >= 0.3 is 6.61 Å². The molecule has 2 rings (SSSR count). The van der Waals surface area contributed by atoms with Crippen LogP contribution in [0, 0.1) is 5.82 Å². The molecule has 7 nitrogen and oxygen atoms in total. The summed E-state index contributed by atoms with van der Waals surface area (Å²) in [7, 11) is 0. The Kier molecular flexibility index (Phi) is 9.41. The van der Waals surface area contributed by atoms with E-state index >= 15 is 0 Å². The van der Waals surface area contributed by atoms with Crippen molar-refractivity contribution < 1.29 is 37.0 Å². The molecule has 1 aromatic rings. The number of rotatable bonds is 12. The summed E-state index contributed by atoms with van der Waals surface area (Å²) in [5.41, 5.74) is 0.372. The summed E-state index contributed by atoms with van der Waals surface area (Å²) >= 11 is 5.56. The SMILES string of the molecule is C=C(CCNC(=O)COc1ccc(Cl)c(F)c1)NC(=O)CO[C@H]1C[C@H](OC(F)F)C1. The van der Waals surface area contributed by atoms with Gasteiger partial charge in [0.05, 0.1) is 17.2 Å². The Balaban J connectivity index is 1.52. The highest BCUT2D eigenvalue weighted by Gasteiger charge is 2.33. The lowest BCUT2D eigenvalue weighted by molar-refractivity contribution is -0.206. The zero-order valence-electron chi connectivity index (χ0n) is 16.0. The zero-order chi connectivity index (χ0) is 22.1. The average molecular weight is 451 g/mol. The Labute approximate surface area is 176 Å². The minimum atomic E-state index is -2.81. The lowest BCUT2D eigenvalue weighted by atomic mass is 9.92. The Morgan fingerprint density at radius 3 is 2.60 bits per heavy atom. The van der Waals surface area contributed by atoms with E-state index in [9.17, 15) is 22.8 Å². The molecule has 11 heteroatoms. The number of benzene rings is 1. The maximum absolute atomic E-state index is 13.3. The molecule has 0 aliphatic heterocycles. The topological polar surface area (TPSA) is 85.9 Å². The molecule has 1 fully saturated rings. The van der Waals surface area contributed by atoms with Crippen LogP contribution in [-0.4, -0.2) is 50.4 Å². The summed E-state index contributed by atoms with van der Waals surface area (Å²) in [4.78, 5) is 23.5. The van der Waals surface area contributed by atoms with Crippen LogP contribution in [0.2, 0.25) is 5.02 Å². The molecule has 166 valence electrons. The lowest BCUT2D eigenvalue weighted by Crippen LogP contribution is -2.40. The lowest BCUT2D eigenvalue weighted by Gasteiger charge is -2.34. The molecule has 0 atom stereocenters. The van der Waals surface area contributed by atoms with E-state index in [0.29, 0.717) is 18.5 Å². The summed E-state index contributed by atoms with van der Waals surface area (Å²) < 4.78 is 52.0. The molecule has 0 spiro atoms. The fourth-order valence-corrected chi connectivity index (χ4v) is 2.64. The van der Waals surface area contributed by atoms with Crippen LogP contribution in [0.15, 0.2) is 30.5 Å². The monoisotopic (exact) mass is 450 g/mol. The third-order valence-electron chi connectivity index (χ3n) is 4.12.